The van der Waals surface area contributed by atoms with E-state index in [1.54, 1.807) is 14.2 Å². The number of aliphatic imine (C=N–C) groups is 1. The molecular formula is C23H34N6O2. The Morgan fingerprint density at radius 3 is 2.61 bits per heavy atom. The number of benzene rings is 1. The van der Waals surface area contributed by atoms with E-state index in [1.165, 1.54) is 30.4 Å². The van der Waals surface area contributed by atoms with Crippen LogP contribution in [0.4, 0.5) is 0 Å². The van der Waals surface area contributed by atoms with Crippen LogP contribution in [-0.2, 0) is 32.4 Å². The van der Waals surface area contributed by atoms with Gasteiger partial charge >= 0.3 is 0 Å². The van der Waals surface area contributed by atoms with Gasteiger partial charge in [-0.15, -0.1) is 10.2 Å². The third kappa shape index (κ3) is 4.78. The van der Waals surface area contributed by atoms with Gasteiger partial charge in [-0.2, -0.15) is 0 Å². The summed E-state index contributed by atoms with van der Waals surface area (Å²) in [6.45, 7) is 3.67. The molecule has 8 heteroatoms. The molecule has 0 atom stereocenters. The molecule has 2 aliphatic rings. The molecule has 1 N–H and O–H groups in total. The lowest BCUT2D eigenvalue weighted by Crippen LogP contribution is -2.44. The van der Waals surface area contributed by atoms with E-state index in [2.05, 4.69) is 42.1 Å². The van der Waals surface area contributed by atoms with Gasteiger partial charge in [-0.1, -0.05) is 6.42 Å². The number of rotatable bonds is 6. The highest BCUT2D eigenvalue weighted by Gasteiger charge is 2.21. The highest BCUT2D eigenvalue weighted by atomic mass is 16.5. The maximum absolute atomic E-state index is 5.48. The molecule has 4 rings (SSSR count). The number of ether oxygens (including phenoxy) is 2. The summed E-state index contributed by atoms with van der Waals surface area (Å²) in [6, 6.07) is 4.19. The van der Waals surface area contributed by atoms with Crippen LogP contribution in [0.25, 0.3) is 0 Å². The van der Waals surface area contributed by atoms with E-state index in [-0.39, 0.29) is 0 Å². The van der Waals surface area contributed by atoms with Crippen molar-refractivity contribution in [2.75, 3.05) is 34.4 Å². The summed E-state index contributed by atoms with van der Waals surface area (Å²) in [5, 5.41) is 12.4. The quantitative estimate of drug-likeness (QED) is 0.435. The largest absolute Gasteiger partial charge is 0.493 e. The predicted octanol–water partition coefficient (Wildman–Crippen LogP) is 2.59. The molecule has 8 nitrogen and oxygen atoms in total. The van der Waals surface area contributed by atoms with Crippen molar-refractivity contribution in [2.24, 2.45) is 4.99 Å². The van der Waals surface area contributed by atoms with Crippen molar-refractivity contribution >= 4 is 5.96 Å². The second kappa shape index (κ2) is 10.0. The standard InChI is InChI=1S/C23H34N6O2/c1-24-23(25-11-7-9-22-27-26-21-8-5-4-6-12-29(21)22)28-13-10-17-14-19(30-2)20(31-3)15-18(17)16-28/h14-15H,4-13,16H2,1-3H3,(H,24,25). The molecule has 1 aromatic carbocycles. The van der Waals surface area contributed by atoms with Gasteiger partial charge in [0.05, 0.1) is 14.2 Å². The van der Waals surface area contributed by atoms with Crippen LogP contribution < -0.4 is 14.8 Å². The van der Waals surface area contributed by atoms with Gasteiger partial charge in [0, 0.05) is 46.1 Å². The fraction of sp³-hybridized carbons (Fsp3) is 0.609. The van der Waals surface area contributed by atoms with Gasteiger partial charge in [0.25, 0.3) is 0 Å². The van der Waals surface area contributed by atoms with E-state index in [1.807, 2.05) is 7.05 Å². The van der Waals surface area contributed by atoms with Crippen LogP contribution in [0, 0.1) is 0 Å². The summed E-state index contributed by atoms with van der Waals surface area (Å²) in [6.07, 6.45) is 7.72. The lowest BCUT2D eigenvalue weighted by molar-refractivity contribution is 0.346. The van der Waals surface area contributed by atoms with Gasteiger partial charge in [0.1, 0.15) is 11.6 Å². The fourth-order valence-electron chi connectivity index (χ4n) is 4.57. The summed E-state index contributed by atoms with van der Waals surface area (Å²) >= 11 is 0. The Hall–Kier alpha value is -2.77. The monoisotopic (exact) mass is 426 g/mol. The Balaban J connectivity index is 1.32. The molecule has 0 saturated heterocycles. The third-order valence-electron chi connectivity index (χ3n) is 6.28. The molecule has 0 unspecified atom stereocenters. The molecule has 31 heavy (non-hydrogen) atoms. The second-order valence-corrected chi connectivity index (χ2v) is 8.22. The maximum Gasteiger partial charge on any atom is 0.193 e. The van der Waals surface area contributed by atoms with Crippen LogP contribution in [0.15, 0.2) is 17.1 Å². The number of aromatic nitrogens is 3. The molecule has 2 aliphatic heterocycles. The number of nitrogens with one attached hydrogen (secondary N) is 1. The smallest absolute Gasteiger partial charge is 0.193 e. The molecule has 2 aromatic rings. The van der Waals surface area contributed by atoms with Gasteiger partial charge in [-0.05, 0) is 48.9 Å². The van der Waals surface area contributed by atoms with Crippen LogP contribution in [0.1, 0.15) is 48.5 Å². The maximum atomic E-state index is 5.48. The van der Waals surface area contributed by atoms with Crippen molar-refractivity contribution < 1.29 is 9.47 Å². The minimum atomic E-state index is 0.776. The zero-order valence-electron chi connectivity index (χ0n) is 19.0. The van der Waals surface area contributed by atoms with Crippen molar-refractivity contribution in [1.82, 2.24) is 25.0 Å². The molecule has 3 heterocycles. The van der Waals surface area contributed by atoms with Crippen molar-refractivity contribution in [3.8, 4) is 11.5 Å². The van der Waals surface area contributed by atoms with E-state index in [0.717, 1.165) is 81.0 Å². The lowest BCUT2D eigenvalue weighted by Gasteiger charge is -2.32. The van der Waals surface area contributed by atoms with E-state index < -0.39 is 0 Å². The lowest BCUT2D eigenvalue weighted by atomic mass is 9.99. The number of nitrogens with zero attached hydrogens (tertiary/aromatic N) is 5. The summed E-state index contributed by atoms with van der Waals surface area (Å²) in [7, 11) is 5.21. The van der Waals surface area contributed by atoms with E-state index in [4.69, 9.17) is 9.47 Å². The number of aryl methyl sites for hydroxylation is 2. The zero-order chi connectivity index (χ0) is 21.6. The van der Waals surface area contributed by atoms with Gasteiger partial charge in [-0.3, -0.25) is 4.99 Å². The predicted molar refractivity (Wildman–Crippen MR) is 121 cm³/mol. The van der Waals surface area contributed by atoms with Gasteiger partial charge < -0.3 is 24.3 Å². The molecule has 0 amide bonds. The Labute approximate surface area is 184 Å². The average molecular weight is 427 g/mol. The van der Waals surface area contributed by atoms with E-state index in [9.17, 15) is 0 Å². The average Bonchev–Trinajstić information content (AvgIpc) is 3.03. The van der Waals surface area contributed by atoms with Gasteiger partial charge in [0.15, 0.2) is 17.5 Å². The first-order valence-corrected chi connectivity index (χ1v) is 11.3. The van der Waals surface area contributed by atoms with Crippen molar-refractivity contribution in [3.05, 3.63) is 34.9 Å². The molecule has 0 radical (unpaired) electrons. The molecule has 1 aromatic heterocycles. The number of hydrogen-bond acceptors (Lipinski definition) is 5. The van der Waals surface area contributed by atoms with Crippen LogP contribution in [-0.4, -0.2) is 60.0 Å². The van der Waals surface area contributed by atoms with E-state index >= 15 is 0 Å². The van der Waals surface area contributed by atoms with Crippen LogP contribution in [0.5, 0.6) is 11.5 Å². The van der Waals surface area contributed by atoms with Crippen LogP contribution in [0.3, 0.4) is 0 Å². The highest BCUT2D eigenvalue weighted by Crippen LogP contribution is 2.33. The first-order valence-electron chi connectivity index (χ1n) is 11.3. The first-order chi connectivity index (χ1) is 15.2. The molecule has 0 bridgehead atoms. The second-order valence-electron chi connectivity index (χ2n) is 8.22. The molecule has 0 spiro atoms. The number of fused-ring (bicyclic) bond motifs is 2. The number of methoxy groups -OCH3 is 2. The van der Waals surface area contributed by atoms with Crippen LogP contribution >= 0.6 is 0 Å². The fourth-order valence-corrected chi connectivity index (χ4v) is 4.57. The normalized spacial score (nSPS) is 16.4. The topological polar surface area (TPSA) is 76.8 Å². The Kier molecular flexibility index (Phi) is 6.94. The summed E-state index contributed by atoms with van der Waals surface area (Å²) in [4.78, 5) is 6.82. The van der Waals surface area contributed by atoms with Gasteiger partial charge in [-0.25, -0.2) is 0 Å². The highest BCUT2D eigenvalue weighted by molar-refractivity contribution is 5.80. The van der Waals surface area contributed by atoms with Crippen molar-refractivity contribution in [3.63, 3.8) is 0 Å². The van der Waals surface area contributed by atoms with Crippen LogP contribution in [0.2, 0.25) is 0 Å². The molecule has 0 aliphatic carbocycles. The zero-order valence-corrected chi connectivity index (χ0v) is 19.0. The minimum absolute atomic E-state index is 0.776. The SMILES string of the molecule is CN=C(NCCCc1nnc2n1CCCCC2)N1CCc2cc(OC)c(OC)cc2C1. The minimum Gasteiger partial charge on any atom is -0.493 e. The Morgan fingerprint density at radius 2 is 1.84 bits per heavy atom. The summed E-state index contributed by atoms with van der Waals surface area (Å²) < 4.78 is 13.3. The Bertz CT molecular complexity index is 923. The number of guanidine groups is 1. The summed E-state index contributed by atoms with van der Waals surface area (Å²) in [5.41, 5.74) is 2.58. The number of hydrogen-bond donors (Lipinski definition) is 1. The van der Waals surface area contributed by atoms with Gasteiger partial charge in [0.2, 0.25) is 0 Å². The molecular weight excluding hydrogens is 392 g/mol. The molecule has 0 fully saturated rings. The third-order valence-corrected chi connectivity index (χ3v) is 6.28. The van der Waals surface area contributed by atoms with E-state index in [0.29, 0.717) is 0 Å². The first kappa shape index (κ1) is 21.5. The Morgan fingerprint density at radius 1 is 1.03 bits per heavy atom. The van der Waals surface area contributed by atoms with Crippen molar-refractivity contribution in [1.29, 1.82) is 0 Å². The van der Waals surface area contributed by atoms with Crippen molar-refractivity contribution in [2.45, 2.75) is 58.0 Å². The molecule has 0 saturated carbocycles. The summed E-state index contributed by atoms with van der Waals surface area (Å²) in [5.74, 6) is 4.81. The molecule has 168 valence electrons.